The highest BCUT2D eigenvalue weighted by atomic mass is 16.5. The first-order chi connectivity index (χ1) is 14.9. The summed E-state index contributed by atoms with van der Waals surface area (Å²) < 4.78 is 5.45. The van der Waals surface area contributed by atoms with Crippen molar-refractivity contribution < 1.29 is 24.2 Å². The first-order valence-corrected chi connectivity index (χ1v) is 10.5. The summed E-state index contributed by atoms with van der Waals surface area (Å²) >= 11 is 0. The molecule has 1 aliphatic rings. The first kappa shape index (κ1) is 22.3. The quantitative estimate of drug-likeness (QED) is 0.571. The number of alkyl carbamates (subject to hydrolysis) is 1. The topological polar surface area (TPSA) is 105 Å². The van der Waals surface area contributed by atoms with E-state index in [-0.39, 0.29) is 19.1 Å². The highest BCUT2D eigenvalue weighted by Crippen LogP contribution is 2.44. The van der Waals surface area contributed by atoms with Gasteiger partial charge in [-0.3, -0.25) is 4.79 Å². The second-order valence-electron chi connectivity index (χ2n) is 7.80. The Morgan fingerprint density at radius 1 is 1.03 bits per heavy atom. The Bertz CT molecular complexity index is 913. The number of benzene rings is 2. The van der Waals surface area contributed by atoms with E-state index in [1.54, 1.807) is 6.92 Å². The number of carbonyl (C=O) groups is 3. The van der Waals surface area contributed by atoms with Crippen LogP contribution in [0.1, 0.15) is 43.7 Å². The Balaban J connectivity index is 1.52. The number of carboxylic acids is 1. The predicted octanol–water partition coefficient (Wildman–Crippen LogP) is 3.53. The van der Waals surface area contributed by atoms with E-state index in [0.29, 0.717) is 12.8 Å². The SMILES string of the molecule is CCC[C@@H](NC(=O)C(C)CNC(=O)OCC1c2ccccc2-c2ccccc21)C(=O)O. The lowest BCUT2D eigenvalue weighted by atomic mass is 9.98. The number of ether oxygens (including phenoxy) is 1. The van der Waals surface area contributed by atoms with Crippen LogP contribution in [0.15, 0.2) is 48.5 Å². The molecular weight excluding hydrogens is 396 g/mol. The molecule has 31 heavy (non-hydrogen) atoms. The summed E-state index contributed by atoms with van der Waals surface area (Å²) in [6.07, 6.45) is 0.391. The van der Waals surface area contributed by atoms with Gasteiger partial charge < -0.3 is 20.5 Å². The second-order valence-corrected chi connectivity index (χ2v) is 7.80. The largest absolute Gasteiger partial charge is 0.480 e. The molecule has 0 fully saturated rings. The molecule has 0 saturated carbocycles. The van der Waals surface area contributed by atoms with Crippen molar-refractivity contribution in [3.8, 4) is 11.1 Å². The zero-order valence-corrected chi connectivity index (χ0v) is 17.8. The number of aliphatic carboxylic acids is 1. The Hall–Kier alpha value is -3.35. The minimum absolute atomic E-state index is 0.0377. The zero-order chi connectivity index (χ0) is 22.4. The van der Waals surface area contributed by atoms with Gasteiger partial charge in [0.15, 0.2) is 0 Å². The molecule has 7 heteroatoms. The van der Waals surface area contributed by atoms with Crippen molar-refractivity contribution in [2.45, 2.75) is 38.6 Å². The van der Waals surface area contributed by atoms with Gasteiger partial charge in [0.05, 0.1) is 5.92 Å². The van der Waals surface area contributed by atoms with Crippen LogP contribution in [0, 0.1) is 5.92 Å². The third-order valence-corrected chi connectivity index (χ3v) is 5.54. The molecule has 1 aliphatic carbocycles. The molecule has 2 amide bonds. The van der Waals surface area contributed by atoms with Gasteiger partial charge in [-0.15, -0.1) is 0 Å². The third-order valence-electron chi connectivity index (χ3n) is 5.54. The smallest absolute Gasteiger partial charge is 0.407 e. The van der Waals surface area contributed by atoms with E-state index in [1.807, 2.05) is 43.3 Å². The van der Waals surface area contributed by atoms with Gasteiger partial charge in [-0.1, -0.05) is 68.8 Å². The van der Waals surface area contributed by atoms with Crippen LogP contribution in [0.2, 0.25) is 0 Å². The first-order valence-electron chi connectivity index (χ1n) is 10.5. The van der Waals surface area contributed by atoms with Crippen LogP contribution < -0.4 is 10.6 Å². The zero-order valence-electron chi connectivity index (χ0n) is 17.8. The normalized spacial score (nSPS) is 14.1. The van der Waals surface area contributed by atoms with E-state index in [9.17, 15) is 14.4 Å². The number of carbonyl (C=O) groups excluding carboxylic acids is 2. The Morgan fingerprint density at radius 2 is 1.61 bits per heavy atom. The van der Waals surface area contributed by atoms with Crippen molar-refractivity contribution in [2.75, 3.05) is 13.2 Å². The van der Waals surface area contributed by atoms with Crippen LogP contribution in [-0.2, 0) is 14.3 Å². The minimum Gasteiger partial charge on any atom is -0.480 e. The van der Waals surface area contributed by atoms with Gasteiger partial charge >= 0.3 is 12.1 Å². The van der Waals surface area contributed by atoms with Gasteiger partial charge in [0.2, 0.25) is 5.91 Å². The molecule has 0 spiro atoms. The van der Waals surface area contributed by atoms with Crippen LogP contribution in [0.4, 0.5) is 4.79 Å². The van der Waals surface area contributed by atoms with E-state index >= 15 is 0 Å². The number of fused-ring (bicyclic) bond motifs is 3. The van der Waals surface area contributed by atoms with Gasteiger partial charge in [0.25, 0.3) is 0 Å². The van der Waals surface area contributed by atoms with Crippen molar-refractivity contribution in [3.05, 3.63) is 59.7 Å². The molecule has 1 unspecified atom stereocenters. The molecule has 3 N–H and O–H groups in total. The van der Waals surface area contributed by atoms with Gasteiger partial charge in [-0.05, 0) is 28.7 Å². The van der Waals surface area contributed by atoms with Crippen LogP contribution in [0.25, 0.3) is 11.1 Å². The number of amides is 2. The van der Waals surface area contributed by atoms with Gasteiger partial charge in [-0.2, -0.15) is 0 Å². The lowest BCUT2D eigenvalue weighted by Crippen LogP contribution is -2.45. The number of nitrogens with one attached hydrogen (secondary N) is 2. The minimum atomic E-state index is -1.06. The van der Waals surface area contributed by atoms with Crippen LogP contribution in [-0.4, -0.2) is 42.3 Å². The Labute approximate surface area is 181 Å². The molecule has 0 bridgehead atoms. The second kappa shape index (κ2) is 10.1. The average molecular weight is 424 g/mol. The molecule has 7 nitrogen and oxygen atoms in total. The molecular formula is C24H28N2O5. The monoisotopic (exact) mass is 424 g/mol. The molecule has 0 radical (unpaired) electrons. The number of hydrogen-bond acceptors (Lipinski definition) is 4. The van der Waals surface area contributed by atoms with Crippen molar-refractivity contribution in [1.29, 1.82) is 0 Å². The summed E-state index contributed by atoms with van der Waals surface area (Å²) in [4.78, 5) is 35.6. The number of carboxylic acid groups (broad SMARTS) is 1. The van der Waals surface area contributed by atoms with Crippen LogP contribution in [0.3, 0.4) is 0 Å². The molecule has 0 heterocycles. The fourth-order valence-electron chi connectivity index (χ4n) is 3.84. The van der Waals surface area contributed by atoms with E-state index < -0.39 is 29.9 Å². The molecule has 3 rings (SSSR count). The maximum atomic E-state index is 12.2. The number of rotatable bonds is 9. The molecule has 0 aromatic heterocycles. The standard InChI is InChI=1S/C24H28N2O5/c1-3-8-21(23(28)29)26-22(27)15(2)13-25-24(30)31-14-20-18-11-6-4-9-16(18)17-10-5-7-12-19(17)20/h4-7,9-12,15,20-21H,3,8,13-14H2,1-2H3,(H,25,30)(H,26,27)(H,28,29)/t15?,21-/m1/s1. The van der Waals surface area contributed by atoms with Gasteiger partial charge in [-0.25, -0.2) is 9.59 Å². The maximum absolute atomic E-state index is 12.2. The van der Waals surface area contributed by atoms with Gasteiger partial charge in [0, 0.05) is 12.5 Å². The molecule has 164 valence electrons. The van der Waals surface area contributed by atoms with Crippen molar-refractivity contribution in [2.24, 2.45) is 5.92 Å². The summed E-state index contributed by atoms with van der Waals surface area (Å²) in [7, 11) is 0. The third kappa shape index (κ3) is 5.23. The summed E-state index contributed by atoms with van der Waals surface area (Å²) in [5, 5.41) is 14.3. The lowest BCUT2D eigenvalue weighted by Gasteiger charge is -2.18. The van der Waals surface area contributed by atoms with Crippen molar-refractivity contribution in [3.63, 3.8) is 0 Å². The van der Waals surface area contributed by atoms with Gasteiger partial charge in [0.1, 0.15) is 12.6 Å². The predicted molar refractivity (Wildman–Crippen MR) is 117 cm³/mol. The fourth-order valence-corrected chi connectivity index (χ4v) is 3.84. The molecule has 2 aromatic rings. The highest BCUT2D eigenvalue weighted by Gasteiger charge is 2.29. The van der Waals surface area contributed by atoms with Crippen LogP contribution >= 0.6 is 0 Å². The Morgan fingerprint density at radius 3 is 2.16 bits per heavy atom. The molecule has 2 atom stereocenters. The Kier molecular flexibility index (Phi) is 7.28. The molecule has 2 aromatic carbocycles. The van der Waals surface area contributed by atoms with E-state index in [4.69, 9.17) is 9.84 Å². The van der Waals surface area contributed by atoms with Crippen LogP contribution in [0.5, 0.6) is 0 Å². The van der Waals surface area contributed by atoms with E-state index in [2.05, 4.69) is 22.8 Å². The van der Waals surface area contributed by atoms with Crippen molar-refractivity contribution >= 4 is 18.0 Å². The average Bonchev–Trinajstić information content (AvgIpc) is 3.09. The number of hydrogen-bond donors (Lipinski definition) is 3. The van der Waals surface area contributed by atoms with Crippen molar-refractivity contribution in [1.82, 2.24) is 10.6 Å². The summed E-state index contributed by atoms with van der Waals surface area (Å²) in [5.41, 5.74) is 4.55. The van der Waals surface area contributed by atoms with E-state index in [0.717, 1.165) is 22.3 Å². The fraction of sp³-hybridized carbons (Fsp3) is 0.375. The van der Waals surface area contributed by atoms with E-state index in [1.165, 1.54) is 0 Å². The summed E-state index contributed by atoms with van der Waals surface area (Å²) in [6.45, 7) is 3.73. The molecule has 0 saturated heterocycles. The maximum Gasteiger partial charge on any atom is 0.407 e. The summed E-state index contributed by atoms with van der Waals surface area (Å²) in [5.74, 6) is -2.10. The highest BCUT2D eigenvalue weighted by molar-refractivity contribution is 5.85. The summed E-state index contributed by atoms with van der Waals surface area (Å²) in [6, 6.07) is 15.2. The lowest BCUT2D eigenvalue weighted by molar-refractivity contribution is -0.142. The molecule has 0 aliphatic heterocycles.